The van der Waals surface area contributed by atoms with Gasteiger partial charge < -0.3 is 10.2 Å². The van der Waals surface area contributed by atoms with Crippen LogP contribution in [0.5, 0.6) is 0 Å². The third kappa shape index (κ3) is 5.56. The smallest absolute Gasteiger partial charge is 0.277 e. The molecule has 0 aliphatic carbocycles. The second-order valence-corrected chi connectivity index (χ2v) is 11.8. The summed E-state index contributed by atoms with van der Waals surface area (Å²) in [4.78, 5) is 24.3. The highest BCUT2D eigenvalue weighted by Crippen LogP contribution is 2.49. The first-order chi connectivity index (χ1) is 22.2. The van der Waals surface area contributed by atoms with Gasteiger partial charge in [-0.05, 0) is 33.9 Å². The Bertz CT molecular complexity index is 1850. The number of aromatic nitrogens is 2. The van der Waals surface area contributed by atoms with Gasteiger partial charge in [-0.2, -0.15) is 0 Å². The highest BCUT2D eigenvalue weighted by atomic mass is 32.2. The molecule has 6 aromatic rings. The van der Waals surface area contributed by atoms with Crippen molar-refractivity contribution in [2.24, 2.45) is 0 Å². The molecule has 0 saturated heterocycles. The maximum absolute atomic E-state index is 13.8. The van der Waals surface area contributed by atoms with Crippen LogP contribution >= 0.6 is 11.8 Å². The van der Waals surface area contributed by atoms with Crippen LogP contribution in [0.25, 0.3) is 6.08 Å². The van der Waals surface area contributed by atoms with Crippen molar-refractivity contribution in [3.05, 3.63) is 196 Å². The Morgan fingerprint density at radius 1 is 0.689 bits per heavy atom. The fourth-order valence-electron chi connectivity index (χ4n) is 6.11. The molecule has 220 valence electrons. The molecule has 0 fully saturated rings. The number of H-pyrrole nitrogens is 1. The maximum Gasteiger partial charge on any atom is 0.277 e. The van der Waals surface area contributed by atoms with Crippen LogP contribution in [0, 0.1) is 0 Å². The second kappa shape index (κ2) is 12.7. The monoisotopic (exact) mass is 604 g/mol. The third-order valence-electron chi connectivity index (χ3n) is 8.10. The van der Waals surface area contributed by atoms with Gasteiger partial charge in [0.05, 0.1) is 0 Å². The molecule has 2 heterocycles. The van der Waals surface area contributed by atoms with Gasteiger partial charge >= 0.3 is 0 Å². The Balaban J connectivity index is 1.47. The molecular weight excluding hydrogens is 573 g/mol. The van der Waals surface area contributed by atoms with E-state index in [1.54, 1.807) is 0 Å². The maximum atomic E-state index is 13.8. The highest BCUT2D eigenvalue weighted by Gasteiger charge is 2.49. The minimum absolute atomic E-state index is 0.195. The zero-order chi connectivity index (χ0) is 30.5. The van der Waals surface area contributed by atoms with Crippen molar-refractivity contribution in [3.8, 4) is 0 Å². The number of rotatable bonds is 9. The van der Waals surface area contributed by atoms with Gasteiger partial charge in [0.15, 0.2) is 11.0 Å². The van der Waals surface area contributed by atoms with E-state index in [4.69, 9.17) is 4.98 Å². The zero-order valence-electron chi connectivity index (χ0n) is 24.6. The number of nitrogens with zero attached hydrogens (tertiary/aromatic N) is 2. The number of thioether (sulfide) groups is 1. The Kier molecular flexibility index (Phi) is 8.04. The molecule has 5 aromatic carbocycles. The molecule has 0 radical (unpaired) electrons. The van der Waals surface area contributed by atoms with Gasteiger partial charge in [0.2, 0.25) is 0 Å². The van der Waals surface area contributed by atoms with Crippen molar-refractivity contribution >= 4 is 29.3 Å². The summed E-state index contributed by atoms with van der Waals surface area (Å²) in [6, 6.07) is 51.9. The molecular formula is C39H32N4OS. The molecule has 0 bridgehead atoms. The molecule has 1 aliphatic heterocycles. The molecule has 45 heavy (non-hydrogen) atoms. The van der Waals surface area contributed by atoms with E-state index in [0.717, 1.165) is 27.8 Å². The fraction of sp³-hybridized carbons (Fsp3) is 0.0769. The van der Waals surface area contributed by atoms with E-state index in [-0.39, 0.29) is 5.56 Å². The van der Waals surface area contributed by atoms with Crippen molar-refractivity contribution in [1.82, 2.24) is 9.97 Å². The molecule has 1 aromatic heterocycles. The van der Waals surface area contributed by atoms with Crippen LogP contribution in [0.2, 0.25) is 0 Å². The standard InChI is InChI=1S/C39H32N4OS/c44-37-35-36(41-38(42-37)45-28-30-18-8-2-9-19-30)43(34(40-35)27-26-29-16-6-1-7-17-29)39(31-20-10-3-11-21-31,32-22-12-4-13-23-32)33-24-14-5-15-25-33/h1-27,34,40H,28H2,(H,41,42,44)/b27-26+. The van der Waals surface area contributed by atoms with Crippen molar-refractivity contribution in [2.75, 3.05) is 10.2 Å². The molecule has 2 N–H and O–H groups in total. The van der Waals surface area contributed by atoms with E-state index in [1.807, 2.05) is 54.6 Å². The van der Waals surface area contributed by atoms with E-state index >= 15 is 0 Å². The van der Waals surface area contributed by atoms with Crippen LogP contribution in [-0.4, -0.2) is 16.1 Å². The summed E-state index contributed by atoms with van der Waals surface area (Å²) in [6.45, 7) is 0. The minimum Gasteiger partial charge on any atom is -0.354 e. The molecule has 5 nitrogen and oxygen atoms in total. The van der Waals surface area contributed by atoms with Gasteiger partial charge in [0.1, 0.15) is 17.4 Å². The summed E-state index contributed by atoms with van der Waals surface area (Å²) >= 11 is 1.53. The summed E-state index contributed by atoms with van der Waals surface area (Å²) in [5.41, 5.74) is 4.85. The predicted octanol–water partition coefficient (Wildman–Crippen LogP) is 8.33. The van der Waals surface area contributed by atoms with Crippen molar-refractivity contribution < 1.29 is 0 Å². The zero-order valence-corrected chi connectivity index (χ0v) is 25.4. The summed E-state index contributed by atoms with van der Waals surface area (Å²) < 4.78 is 0. The topological polar surface area (TPSA) is 61.0 Å². The number of benzene rings is 5. The van der Waals surface area contributed by atoms with Crippen LogP contribution in [0.15, 0.2) is 168 Å². The van der Waals surface area contributed by atoms with Crippen molar-refractivity contribution in [3.63, 3.8) is 0 Å². The quantitative estimate of drug-likeness (QED) is 0.0987. The van der Waals surface area contributed by atoms with Gasteiger partial charge in [-0.1, -0.05) is 169 Å². The third-order valence-corrected chi connectivity index (χ3v) is 9.05. The van der Waals surface area contributed by atoms with E-state index in [0.29, 0.717) is 22.4 Å². The van der Waals surface area contributed by atoms with Gasteiger partial charge in [-0.25, -0.2) is 4.98 Å². The number of anilines is 2. The number of aromatic amines is 1. The van der Waals surface area contributed by atoms with Gasteiger partial charge in [-0.3, -0.25) is 9.78 Å². The first-order valence-corrected chi connectivity index (χ1v) is 16.0. The summed E-state index contributed by atoms with van der Waals surface area (Å²) in [7, 11) is 0. The lowest BCUT2D eigenvalue weighted by atomic mass is 9.75. The molecule has 0 saturated carbocycles. The van der Waals surface area contributed by atoms with Gasteiger partial charge in [0, 0.05) is 5.75 Å². The van der Waals surface area contributed by atoms with Gasteiger partial charge in [0.25, 0.3) is 5.56 Å². The second-order valence-electron chi connectivity index (χ2n) is 10.9. The largest absolute Gasteiger partial charge is 0.354 e. The van der Waals surface area contributed by atoms with Crippen LogP contribution in [-0.2, 0) is 11.3 Å². The highest BCUT2D eigenvalue weighted by molar-refractivity contribution is 7.98. The first kappa shape index (κ1) is 28.4. The molecule has 1 atom stereocenters. The number of hydrogen-bond acceptors (Lipinski definition) is 5. The number of hydrogen-bond donors (Lipinski definition) is 2. The van der Waals surface area contributed by atoms with E-state index in [9.17, 15) is 4.79 Å². The minimum atomic E-state index is -0.837. The Labute approximate surface area is 267 Å². The number of fused-ring (bicyclic) bond motifs is 1. The van der Waals surface area contributed by atoms with E-state index in [2.05, 4.69) is 124 Å². The Morgan fingerprint density at radius 3 is 1.71 bits per heavy atom. The molecule has 1 unspecified atom stereocenters. The van der Waals surface area contributed by atoms with Crippen LogP contribution in [0.4, 0.5) is 11.5 Å². The number of nitrogens with one attached hydrogen (secondary N) is 2. The summed E-state index contributed by atoms with van der Waals surface area (Å²) in [5, 5.41) is 4.14. The van der Waals surface area contributed by atoms with Gasteiger partial charge in [-0.15, -0.1) is 0 Å². The Morgan fingerprint density at radius 2 is 1.18 bits per heavy atom. The van der Waals surface area contributed by atoms with Crippen LogP contribution < -0.4 is 15.8 Å². The summed E-state index contributed by atoms with van der Waals surface area (Å²) in [6.07, 6.45) is 3.82. The average molecular weight is 605 g/mol. The lowest BCUT2D eigenvalue weighted by Gasteiger charge is -2.46. The Hall–Kier alpha value is -5.33. The van der Waals surface area contributed by atoms with Crippen LogP contribution in [0.3, 0.4) is 0 Å². The lowest BCUT2D eigenvalue weighted by molar-refractivity contribution is 0.543. The van der Waals surface area contributed by atoms with E-state index in [1.165, 1.54) is 11.8 Å². The molecule has 0 amide bonds. The molecule has 1 aliphatic rings. The SMILES string of the molecule is O=c1[nH]c(SCc2ccccc2)nc2c1NC(/C=C/c1ccccc1)N2C(c1ccccc1)(c1ccccc1)c1ccccc1. The van der Waals surface area contributed by atoms with Crippen molar-refractivity contribution in [1.29, 1.82) is 0 Å². The van der Waals surface area contributed by atoms with E-state index < -0.39 is 11.7 Å². The first-order valence-electron chi connectivity index (χ1n) is 15.0. The average Bonchev–Trinajstić information content (AvgIpc) is 3.48. The normalized spacial score (nSPS) is 14.3. The van der Waals surface area contributed by atoms with Crippen molar-refractivity contribution in [2.45, 2.75) is 22.6 Å². The molecule has 6 heteroatoms. The summed E-state index contributed by atoms with van der Waals surface area (Å²) in [5.74, 6) is 1.29. The fourth-order valence-corrected chi connectivity index (χ4v) is 6.92. The van der Waals surface area contributed by atoms with Crippen LogP contribution in [0.1, 0.15) is 27.8 Å². The molecule has 7 rings (SSSR count). The molecule has 0 spiro atoms. The predicted molar refractivity (Wildman–Crippen MR) is 185 cm³/mol. The lowest BCUT2D eigenvalue weighted by Crippen LogP contribution is -2.53.